The Kier molecular flexibility index (Phi) is 14.2. The van der Waals surface area contributed by atoms with Crippen LogP contribution in [0.15, 0.2) is 139 Å². The monoisotopic (exact) mass is 952 g/mol. The van der Waals surface area contributed by atoms with Gasteiger partial charge in [0.25, 0.3) is 0 Å². The molecule has 11 rings (SSSR count). The molecule has 5 aliphatic heterocycles. The Morgan fingerprint density at radius 3 is 0.970 bits per heavy atom. The van der Waals surface area contributed by atoms with Crippen LogP contribution in [-0.4, -0.2) is 121 Å². The minimum absolute atomic E-state index is 0.814. The molecule has 67 heavy (non-hydrogen) atoms. The molecule has 0 atom stereocenters. The van der Waals surface area contributed by atoms with Gasteiger partial charge < -0.3 is 55.0 Å². The number of hydrogen-bond donors (Lipinski definition) is 3. The van der Waals surface area contributed by atoms with E-state index in [2.05, 4.69) is 223 Å². The van der Waals surface area contributed by atoms with Gasteiger partial charge in [-0.25, -0.2) is 0 Å². The fourth-order valence-electron chi connectivity index (χ4n) is 8.41. The van der Waals surface area contributed by atoms with Gasteiger partial charge in [-0.15, -0.1) is 0 Å². The van der Waals surface area contributed by atoms with Crippen molar-refractivity contribution in [2.75, 3.05) is 161 Å². The van der Waals surface area contributed by atoms with Crippen LogP contribution in [0.25, 0.3) is 0 Å². The molecule has 14 heteroatoms. The minimum Gasteiger partial charge on any atom is -0.378 e. The second-order valence-corrected chi connectivity index (χ2v) is 21.5. The van der Waals surface area contributed by atoms with Crippen molar-refractivity contribution in [2.24, 2.45) is 0 Å². The Hall–Kier alpha value is -5.51. The number of likely N-dealkylation sites (N-methyl/N-ethyl adjacent to an activating group) is 1. The Balaban J connectivity index is 0.000000127. The normalized spacial score (nSPS) is 15.4. The molecule has 0 bridgehead atoms. The second-order valence-electron chi connectivity index (χ2n) is 18.2. The van der Waals surface area contributed by atoms with Crippen molar-refractivity contribution in [1.29, 1.82) is 0 Å². The number of fused-ring (bicyclic) bond motifs is 6. The van der Waals surface area contributed by atoms with Crippen molar-refractivity contribution >= 4 is 104 Å². The predicted octanol–water partition coefficient (Wildman–Crippen LogP) is 11.5. The highest BCUT2D eigenvalue weighted by Crippen LogP contribution is 2.49. The maximum Gasteiger partial charge on any atom is 0.0642 e. The van der Waals surface area contributed by atoms with Crippen LogP contribution in [0.5, 0.6) is 0 Å². The smallest absolute Gasteiger partial charge is 0.0642 e. The average Bonchev–Trinajstić information content (AvgIpc) is 3.34. The summed E-state index contributed by atoms with van der Waals surface area (Å²) in [5, 5.41) is 10.8. The molecule has 0 radical (unpaired) electrons. The van der Waals surface area contributed by atoms with E-state index in [9.17, 15) is 0 Å². The van der Waals surface area contributed by atoms with Gasteiger partial charge in [-0.1, -0.05) is 35.3 Å². The molecular weight excluding hydrogens is 889 g/mol. The lowest BCUT2D eigenvalue weighted by Crippen LogP contribution is -2.44. The molecular formula is C53H64N10OS3. The van der Waals surface area contributed by atoms with Gasteiger partial charge in [0.1, 0.15) is 0 Å². The maximum atomic E-state index is 5.45. The first-order chi connectivity index (χ1) is 32.3. The Bertz CT molecular complexity index is 2660. The first-order valence-corrected chi connectivity index (χ1v) is 25.4. The number of rotatable bonds is 6. The standard InChI is InChI=1S/C19H24N4S.C18H21N3OS.C16H19N3S/c1-21(2)14-4-6-18-16(12-14)20-17-13-15(5-7-19(17)24-18)23-10-8-22(3)9-11-23;1-20(2)13-3-5-17-15(11-13)19-16-12-14(4-6-18(16)23-17)21-7-9-22-10-8-21;1-18(2)11-5-7-15-13(9-11)17-14-10-12(19(3)4)6-8-16(14)20-15/h4-7,12-13,20H,8-11H2,1-3H3;3-6,11-12,19H,7-10H2,1-2H3;5-10,17H,1-4H3. The van der Waals surface area contributed by atoms with Crippen LogP contribution in [-0.2, 0) is 4.74 Å². The lowest BCUT2D eigenvalue weighted by Gasteiger charge is -2.34. The third-order valence-electron chi connectivity index (χ3n) is 12.6. The van der Waals surface area contributed by atoms with Gasteiger partial charge in [0.15, 0.2) is 0 Å². The van der Waals surface area contributed by atoms with E-state index in [0.717, 1.165) is 52.5 Å². The number of nitrogens with one attached hydrogen (secondary N) is 3. The third kappa shape index (κ3) is 10.8. The summed E-state index contributed by atoms with van der Waals surface area (Å²) in [5.74, 6) is 0. The molecule has 350 valence electrons. The van der Waals surface area contributed by atoms with Crippen molar-refractivity contribution in [3.8, 4) is 0 Å². The summed E-state index contributed by atoms with van der Waals surface area (Å²) in [7, 11) is 18.8. The summed E-state index contributed by atoms with van der Waals surface area (Å²) < 4.78 is 5.45. The van der Waals surface area contributed by atoms with Crippen LogP contribution in [0.2, 0.25) is 0 Å². The van der Waals surface area contributed by atoms with E-state index >= 15 is 0 Å². The van der Waals surface area contributed by atoms with E-state index in [1.807, 2.05) is 35.3 Å². The molecule has 0 spiro atoms. The second kappa shape index (κ2) is 20.4. The number of anilines is 12. The molecule has 11 nitrogen and oxygen atoms in total. The maximum absolute atomic E-state index is 5.45. The third-order valence-corrected chi connectivity index (χ3v) is 16.0. The topological polar surface area (TPSA) is 68.0 Å². The van der Waals surface area contributed by atoms with E-state index in [0.29, 0.717) is 0 Å². The van der Waals surface area contributed by atoms with Crippen molar-refractivity contribution in [3.05, 3.63) is 109 Å². The molecule has 0 aromatic heterocycles. The first-order valence-electron chi connectivity index (χ1n) is 23.0. The summed E-state index contributed by atoms with van der Waals surface area (Å²) in [6.45, 7) is 8.03. The molecule has 2 fully saturated rings. The highest BCUT2D eigenvalue weighted by atomic mass is 32.2. The summed E-state index contributed by atoms with van der Waals surface area (Å²) in [4.78, 5) is 23.5. The molecule has 0 unspecified atom stereocenters. The predicted molar refractivity (Wildman–Crippen MR) is 291 cm³/mol. The van der Waals surface area contributed by atoms with Crippen LogP contribution in [0, 0.1) is 0 Å². The van der Waals surface area contributed by atoms with Crippen LogP contribution >= 0.6 is 35.3 Å². The average molecular weight is 953 g/mol. The quantitative estimate of drug-likeness (QED) is 0.148. The molecule has 0 saturated carbocycles. The number of morpholine rings is 1. The lowest BCUT2D eigenvalue weighted by molar-refractivity contribution is 0.122. The molecule has 6 aromatic carbocycles. The van der Waals surface area contributed by atoms with Gasteiger partial charge in [0, 0.05) is 159 Å². The highest BCUT2D eigenvalue weighted by Gasteiger charge is 2.22. The first kappa shape index (κ1) is 46.6. The number of nitrogens with zero attached hydrogens (tertiary/aromatic N) is 7. The van der Waals surface area contributed by atoms with E-state index < -0.39 is 0 Å². The van der Waals surface area contributed by atoms with Crippen LogP contribution in [0.4, 0.5) is 68.2 Å². The van der Waals surface area contributed by atoms with Crippen LogP contribution in [0.1, 0.15) is 0 Å². The molecule has 0 aliphatic carbocycles. The SMILES string of the molecule is CN(C)c1ccc2c(c1)Nc1cc(N(C)C)ccc1S2.CN(C)c1ccc2c(c1)Nc1cc(N3CCOCC3)ccc1S2.CN1CCN(c2ccc3c(c2)Nc2cc(N(C)C)ccc2S3)CC1. The lowest BCUT2D eigenvalue weighted by atomic mass is 10.2. The van der Waals surface area contributed by atoms with Crippen LogP contribution in [0.3, 0.4) is 0 Å². The van der Waals surface area contributed by atoms with E-state index in [4.69, 9.17) is 4.74 Å². The molecule has 5 heterocycles. The molecule has 6 aromatic rings. The molecule has 3 N–H and O–H groups in total. The number of hydrogen-bond acceptors (Lipinski definition) is 14. The van der Waals surface area contributed by atoms with Crippen molar-refractivity contribution < 1.29 is 4.74 Å². The fraction of sp³-hybridized carbons (Fsp3) is 0.321. The van der Waals surface area contributed by atoms with Crippen molar-refractivity contribution in [3.63, 3.8) is 0 Å². The summed E-state index contributed by atoms with van der Waals surface area (Å²) in [6, 6.07) is 39.8. The van der Waals surface area contributed by atoms with Gasteiger partial charge in [0.2, 0.25) is 0 Å². The summed E-state index contributed by atoms with van der Waals surface area (Å²) >= 11 is 5.51. The van der Waals surface area contributed by atoms with Gasteiger partial charge in [-0.2, -0.15) is 0 Å². The number of benzene rings is 6. The van der Waals surface area contributed by atoms with E-state index in [1.165, 1.54) is 97.6 Å². The van der Waals surface area contributed by atoms with Crippen LogP contribution < -0.4 is 45.3 Å². The Morgan fingerprint density at radius 1 is 0.373 bits per heavy atom. The fourth-order valence-corrected chi connectivity index (χ4v) is 11.3. The number of piperazine rings is 1. The minimum atomic E-state index is 0.814. The summed E-state index contributed by atoms with van der Waals surface area (Å²) in [6.07, 6.45) is 0. The molecule has 0 amide bonds. The van der Waals surface area contributed by atoms with Crippen molar-refractivity contribution in [1.82, 2.24) is 4.90 Å². The zero-order chi connectivity index (χ0) is 46.8. The highest BCUT2D eigenvalue weighted by molar-refractivity contribution is 8.00. The van der Waals surface area contributed by atoms with Gasteiger partial charge in [-0.05, 0) is 116 Å². The van der Waals surface area contributed by atoms with Gasteiger partial charge in [-0.3, -0.25) is 0 Å². The number of ether oxygens (including phenoxy) is 1. The Morgan fingerprint density at radius 2 is 0.657 bits per heavy atom. The largest absolute Gasteiger partial charge is 0.378 e. The van der Waals surface area contributed by atoms with Gasteiger partial charge in [0.05, 0.1) is 47.3 Å². The Labute approximate surface area is 410 Å². The van der Waals surface area contributed by atoms with Crippen molar-refractivity contribution in [2.45, 2.75) is 29.4 Å². The zero-order valence-corrected chi connectivity index (χ0v) is 42.8. The molecule has 2 saturated heterocycles. The van der Waals surface area contributed by atoms with E-state index in [1.54, 1.807) is 0 Å². The molecule has 5 aliphatic rings. The summed E-state index contributed by atoms with van der Waals surface area (Å²) in [5.41, 5.74) is 14.6. The van der Waals surface area contributed by atoms with E-state index in [-0.39, 0.29) is 0 Å². The zero-order valence-electron chi connectivity index (χ0n) is 40.3. The van der Waals surface area contributed by atoms with Gasteiger partial charge >= 0.3 is 0 Å².